The number of rotatable bonds is 9. The van der Waals surface area contributed by atoms with Crippen molar-refractivity contribution < 1.29 is 4.74 Å². The maximum atomic E-state index is 5.41. The normalized spacial score (nSPS) is 11.1. The molecule has 2 nitrogen and oxygen atoms in total. The van der Waals surface area contributed by atoms with E-state index in [0.717, 1.165) is 31.1 Å². The Hall–Kier alpha value is 0.620. The molecule has 0 aromatic carbocycles. The summed E-state index contributed by atoms with van der Waals surface area (Å²) in [6, 6.07) is 0. The smallest absolute Gasteiger partial charge is 0.0518 e. The standard InChI is InChI=1S/C9H21NOS2/c1-9(2)11-6-3-5-10-13-8-4-7-12/h9-10,12H,3-8H2,1-2H3. The fourth-order valence-electron chi connectivity index (χ4n) is 0.744. The lowest BCUT2D eigenvalue weighted by Crippen LogP contribution is -2.12. The third-order valence-corrected chi connectivity index (χ3v) is 2.60. The van der Waals surface area contributed by atoms with Crippen molar-refractivity contribution in [1.82, 2.24) is 4.72 Å². The number of ether oxygens (including phenoxy) is 1. The summed E-state index contributed by atoms with van der Waals surface area (Å²) in [4.78, 5) is 0. The molecule has 0 aliphatic rings. The Labute approximate surface area is 91.7 Å². The van der Waals surface area contributed by atoms with Crippen LogP contribution in [0.2, 0.25) is 0 Å². The van der Waals surface area contributed by atoms with Crippen molar-refractivity contribution in [3.63, 3.8) is 0 Å². The van der Waals surface area contributed by atoms with E-state index in [2.05, 4.69) is 31.2 Å². The van der Waals surface area contributed by atoms with Gasteiger partial charge in [-0.2, -0.15) is 12.6 Å². The molecule has 0 saturated heterocycles. The van der Waals surface area contributed by atoms with Gasteiger partial charge in [0.15, 0.2) is 0 Å². The second kappa shape index (κ2) is 10.7. The van der Waals surface area contributed by atoms with Gasteiger partial charge in [-0.1, -0.05) is 11.9 Å². The van der Waals surface area contributed by atoms with Crippen molar-refractivity contribution in [3.05, 3.63) is 0 Å². The summed E-state index contributed by atoms with van der Waals surface area (Å²) in [6.45, 7) is 6.02. The summed E-state index contributed by atoms with van der Waals surface area (Å²) in [5.41, 5.74) is 0. The molecular weight excluding hydrogens is 202 g/mol. The molecule has 0 aromatic rings. The molecule has 0 aliphatic heterocycles. The van der Waals surface area contributed by atoms with Crippen molar-refractivity contribution >= 4 is 24.6 Å². The number of hydrogen-bond acceptors (Lipinski definition) is 4. The highest BCUT2D eigenvalue weighted by Gasteiger charge is 1.92. The summed E-state index contributed by atoms with van der Waals surface area (Å²) in [5, 5.41) is 0. The van der Waals surface area contributed by atoms with Gasteiger partial charge in [-0.15, -0.1) is 0 Å². The summed E-state index contributed by atoms with van der Waals surface area (Å²) in [7, 11) is 0. The van der Waals surface area contributed by atoms with Gasteiger partial charge in [0.2, 0.25) is 0 Å². The number of nitrogens with one attached hydrogen (secondary N) is 1. The molecule has 1 N–H and O–H groups in total. The Morgan fingerprint density at radius 3 is 2.77 bits per heavy atom. The summed E-state index contributed by atoms with van der Waals surface area (Å²) >= 11 is 5.92. The van der Waals surface area contributed by atoms with Gasteiger partial charge in [0, 0.05) is 18.9 Å². The first kappa shape index (κ1) is 13.6. The highest BCUT2D eigenvalue weighted by molar-refractivity contribution is 7.97. The van der Waals surface area contributed by atoms with Gasteiger partial charge in [0.05, 0.1) is 6.10 Å². The van der Waals surface area contributed by atoms with Crippen LogP contribution in [0.25, 0.3) is 0 Å². The fraction of sp³-hybridized carbons (Fsp3) is 1.00. The Balaban J connectivity index is 2.84. The van der Waals surface area contributed by atoms with E-state index < -0.39 is 0 Å². The molecule has 0 unspecified atom stereocenters. The van der Waals surface area contributed by atoms with Crippen LogP contribution in [0.4, 0.5) is 0 Å². The average Bonchev–Trinajstić information content (AvgIpc) is 2.09. The van der Waals surface area contributed by atoms with Gasteiger partial charge in [-0.05, 0) is 32.4 Å². The lowest BCUT2D eigenvalue weighted by Gasteiger charge is -2.07. The van der Waals surface area contributed by atoms with Gasteiger partial charge < -0.3 is 4.74 Å². The largest absolute Gasteiger partial charge is 0.379 e. The second-order valence-electron chi connectivity index (χ2n) is 3.09. The minimum Gasteiger partial charge on any atom is -0.379 e. The lowest BCUT2D eigenvalue weighted by atomic mass is 10.4. The van der Waals surface area contributed by atoms with Crippen LogP contribution in [0.1, 0.15) is 26.7 Å². The van der Waals surface area contributed by atoms with E-state index in [9.17, 15) is 0 Å². The topological polar surface area (TPSA) is 21.3 Å². The van der Waals surface area contributed by atoms with E-state index in [-0.39, 0.29) is 0 Å². The highest BCUT2D eigenvalue weighted by atomic mass is 32.2. The maximum absolute atomic E-state index is 5.41. The maximum Gasteiger partial charge on any atom is 0.0518 e. The van der Waals surface area contributed by atoms with Crippen LogP contribution in [-0.2, 0) is 4.74 Å². The molecule has 4 heteroatoms. The molecule has 0 rings (SSSR count). The third-order valence-electron chi connectivity index (χ3n) is 1.38. The molecule has 80 valence electrons. The zero-order valence-electron chi connectivity index (χ0n) is 8.58. The number of hydrogen-bond donors (Lipinski definition) is 2. The Bertz CT molecular complexity index is 102. The van der Waals surface area contributed by atoms with Gasteiger partial charge >= 0.3 is 0 Å². The minimum absolute atomic E-state index is 0.358. The molecule has 0 saturated carbocycles. The fourth-order valence-corrected chi connectivity index (χ4v) is 1.84. The summed E-state index contributed by atoms with van der Waals surface area (Å²) in [5.74, 6) is 2.12. The Kier molecular flexibility index (Phi) is 11.2. The highest BCUT2D eigenvalue weighted by Crippen LogP contribution is 1.98. The quantitative estimate of drug-likeness (QED) is 0.356. The molecule has 0 bridgehead atoms. The molecule has 0 fully saturated rings. The van der Waals surface area contributed by atoms with E-state index >= 15 is 0 Å². The van der Waals surface area contributed by atoms with Crippen molar-refractivity contribution in [3.8, 4) is 0 Å². The molecule has 13 heavy (non-hydrogen) atoms. The first-order chi connectivity index (χ1) is 6.27. The predicted molar refractivity (Wildman–Crippen MR) is 64.6 cm³/mol. The third kappa shape index (κ3) is 12.6. The van der Waals surface area contributed by atoms with E-state index in [4.69, 9.17) is 4.74 Å². The molecule has 0 spiro atoms. The zero-order valence-corrected chi connectivity index (χ0v) is 10.3. The first-order valence-electron chi connectivity index (χ1n) is 4.84. The molecule has 0 aromatic heterocycles. The minimum atomic E-state index is 0.358. The monoisotopic (exact) mass is 223 g/mol. The number of thiol groups is 1. The van der Waals surface area contributed by atoms with E-state index in [1.807, 2.05) is 0 Å². The predicted octanol–water partition coefficient (Wildman–Crippen LogP) is 2.36. The van der Waals surface area contributed by atoms with Crippen molar-refractivity contribution in [2.24, 2.45) is 0 Å². The molecule has 0 amide bonds. The summed E-state index contributed by atoms with van der Waals surface area (Å²) in [6.07, 6.45) is 2.62. The van der Waals surface area contributed by atoms with Crippen LogP contribution in [0, 0.1) is 0 Å². The Morgan fingerprint density at radius 2 is 2.15 bits per heavy atom. The van der Waals surface area contributed by atoms with Crippen LogP contribution in [0.5, 0.6) is 0 Å². The molecule has 0 aliphatic carbocycles. The molecule has 0 radical (unpaired) electrons. The van der Waals surface area contributed by atoms with E-state index in [1.165, 1.54) is 6.42 Å². The Morgan fingerprint density at radius 1 is 1.38 bits per heavy atom. The van der Waals surface area contributed by atoms with Crippen LogP contribution < -0.4 is 4.72 Å². The van der Waals surface area contributed by atoms with Gasteiger partial charge in [0.25, 0.3) is 0 Å². The average molecular weight is 223 g/mol. The lowest BCUT2D eigenvalue weighted by molar-refractivity contribution is 0.0778. The van der Waals surface area contributed by atoms with E-state index in [1.54, 1.807) is 11.9 Å². The van der Waals surface area contributed by atoms with Crippen LogP contribution in [0.15, 0.2) is 0 Å². The van der Waals surface area contributed by atoms with Crippen molar-refractivity contribution in [1.29, 1.82) is 0 Å². The van der Waals surface area contributed by atoms with Gasteiger partial charge in [0.1, 0.15) is 0 Å². The van der Waals surface area contributed by atoms with Crippen LogP contribution in [-0.4, -0.2) is 30.8 Å². The van der Waals surface area contributed by atoms with E-state index in [0.29, 0.717) is 6.10 Å². The van der Waals surface area contributed by atoms with Crippen molar-refractivity contribution in [2.45, 2.75) is 32.8 Å². The first-order valence-corrected chi connectivity index (χ1v) is 6.46. The zero-order chi connectivity index (χ0) is 9.94. The van der Waals surface area contributed by atoms with Gasteiger partial charge in [-0.3, -0.25) is 4.72 Å². The van der Waals surface area contributed by atoms with Crippen molar-refractivity contribution in [2.75, 3.05) is 24.7 Å². The molecule has 0 heterocycles. The SMILES string of the molecule is CC(C)OCCCNSCCCS. The van der Waals surface area contributed by atoms with Crippen LogP contribution >= 0.6 is 24.6 Å². The van der Waals surface area contributed by atoms with Crippen LogP contribution in [0.3, 0.4) is 0 Å². The molecule has 0 atom stereocenters. The second-order valence-corrected chi connectivity index (χ2v) is 4.53. The summed E-state index contributed by atoms with van der Waals surface area (Å²) < 4.78 is 8.70. The molecular formula is C9H21NOS2. The van der Waals surface area contributed by atoms with Gasteiger partial charge in [-0.25, -0.2) is 0 Å².